The van der Waals surface area contributed by atoms with Crippen LogP contribution in [0.3, 0.4) is 0 Å². The quantitative estimate of drug-likeness (QED) is 0.640. The van der Waals surface area contributed by atoms with Crippen LogP contribution in [0.2, 0.25) is 0 Å². The third-order valence-electron chi connectivity index (χ3n) is 2.50. The molecule has 2 nitrogen and oxygen atoms in total. The van der Waals surface area contributed by atoms with Gasteiger partial charge in [0.05, 0.1) is 0 Å². The van der Waals surface area contributed by atoms with Crippen molar-refractivity contribution < 1.29 is 0 Å². The summed E-state index contributed by atoms with van der Waals surface area (Å²) in [6.07, 6.45) is 2.52. The maximum Gasteiger partial charge on any atom is 0.0235 e. The van der Waals surface area contributed by atoms with Crippen LogP contribution in [0.15, 0.2) is 0 Å². The van der Waals surface area contributed by atoms with E-state index in [0.717, 1.165) is 6.54 Å². The van der Waals surface area contributed by atoms with Crippen molar-refractivity contribution in [2.24, 2.45) is 0 Å². The first-order valence-electron chi connectivity index (χ1n) is 4.77. The fourth-order valence-electron chi connectivity index (χ4n) is 1.98. The zero-order chi connectivity index (χ0) is 8.27. The first kappa shape index (κ1) is 9.01. The fraction of sp³-hybridized carbons (Fsp3) is 1.00. The molecule has 66 valence electrons. The lowest BCUT2D eigenvalue weighted by molar-refractivity contribution is 0.449. The van der Waals surface area contributed by atoms with E-state index < -0.39 is 0 Å². The highest BCUT2D eigenvalue weighted by Crippen LogP contribution is 2.14. The lowest BCUT2D eigenvalue weighted by atomic mass is 10.1. The molecular formula is C9H20N2. The Kier molecular flexibility index (Phi) is 3.34. The Hall–Kier alpha value is -0.0800. The Morgan fingerprint density at radius 3 is 2.73 bits per heavy atom. The van der Waals surface area contributed by atoms with Crippen LogP contribution in [0, 0.1) is 0 Å². The number of hydrogen-bond donors (Lipinski definition) is 2. The van der Waals surface area contributed by atoms with Crippen LogP contribution in [0.1, 0.15) is 33.6 Å². The van der Waals surface area contributed by atoms with Crippen molar-refractivity contribution >= 4 is 0 Å². The predicted molar refractivity (Wildman–Crippen MR) is 48.8 cm³/mol. The Morgan fingerprint density at radius 2 is 2.18 bits per heavy atom. The average molecular weight is 156 g/mol. The minimum Gasteiger partial charge on any atom is -0.313 e. The molecule has 1 aliphatic rings. The van der Waals surface area contributed by atoms with Crippen molar-refractivity contribution in [1.29, 1.82) is 0 Å². The Bertz CT molecular complexity index is 114. The highest BCUT2D eigenvalue weighted by Gasteiger charge is 2.28. The first-order valence-corrected chi connectivity index (χ1v) is 4.77. The third kappa shape index (κ3) is 2.17. The minimum atomic E-state index is 0.698. The van der Waals surface area contributed by atoms with Crippen molar-refractivity contribution in [2.75, 3.05) is 6.54 Å². The van der Waals surface area contributed by atoms with Crippen LogP contribution in [0.5, 0.6) is 0 Å². The summed E-state index contributed by atoms with van der Waals surface area (Å²) in [5, 5.41) is 7.09. The highest BCUT2D eigenvalue weighted by molar-refractivity contribution is 4.92. The monoisotopic (exact) mass is 156 g/mol. The van der Waals surface area contributed by atoms with E-state index in [0.29, 0.717) is 18.1 Å². The van der Waals surface area contributed by atoms with Gasteiger partial charge in [0, 0.05) is 18.1 Å². The fourth-order valence-corrected chi connectivity index (χ4v) is 1.98. The topological polar surface area (TPSA) is 24.1 Å². The number of rotatable bonds is 3. The molecule has 0 aliphatic carbocycles. The highest BCUT2D eigenvalue weighted by atomic mass is 15.1. The van der Waals surface area contributed by atoms with Gasteiger partial charge in [0.1, 0.15) is 0 Å². The van der Waals surface area contributed by atoms with Gasteiger partial charge >= 0.3 is 0 Å². The smallest absolute Gasteiger partial charge is 0.0235 e. The summed E-state index contributed by atoms with van der Waals surface area (Å²) in [5.41, 5.74) is 0. The molecule has 3 unspecified atom stereocenters. The molecule has 1 rings (SSSR count). The van der Waals surface area contributed by atoms with Gasteiger partial charge in [-0.2, -0.15) is 0 Å². The molecule has 0 spiro atoms. The molecule has 1 fully saturated rings. The second kappa shape index (κ2) is 4.07. The number of hydrogen-bond acceptors (Lipinski definition) is 2. The summed E-state index contributed by atoms with van der Waals surface area (Å²) in [6.45, 7) is 7.78. The molecule has 1 heterocycles. The molecule has 1 saturated heterocycles. The van der Waals surface area contributed by atoms with Gasteiger partial charge in [-0.15, -0.1) is 0 Å². The second-order valence-electron chi connectivity index (χ2n) is 3.48. The van der Waals surface area contributed by atoms with E-state index >= 15 is 0 Å². The van der Waals surface area contributed by atoms with E-state index in [2.05, 4.69) is 31.4 Å². The molecular weight excluding hydrogens is 136 g/mol. The van der Waals surface area contributed by atoms with Crippen molar-refractivity contribution in [3.8, 4) is 0 Å². The Balaban J connectivity index is 2.37. The lowest BCUT2D eigenvalue weighted by Crippen LogP contribution is -2.40. The molecule has 0 aromatic heterocycles. The second-order valence-corrected chi connectivity index (χ2v) is 3.48. The van der Waals surface area contributed by atoms with Crippen molar-refractivity contribution in [2.45, 2.75) is 51.7 Å². The van der Waals surface area contributed by atoms with Crippen LogP contribution < -0.4 is 10.6 Å². The van der Waals surface area contributed by atoms with Crippen LogP contribution in [-0.2, 0) is 0 Å². The van der Waals surface area contributed by atoms with Gasteiger partial charge < -0.3 is 10.6 Å². The van der Waals surface area contributed by atoms with Gasteiger partial charge in [-0.05, 0) is 26.3 Å². The standard InChI is InChI=1S/C9H20N2/c1-4-8-9(10-5-2)6-7(3)11-8/h7-11H,4-6H2,1-3H3. The summed E-state index contributed by atoms with van der Waals surface area (Å²) in [7, 11) is 0. The molecule has 0 aromatic carbocycles. The Morgan fingerprint density at radius 1 is 1.45 bits per heavy atom. The van der Waals surface area contributed by atoms with Gasteiger partial charge in [-0.1, -0.05) is 13.8 Å². The van der Waals surface area contributed by atoms with Crippen LogP contribution in [-0.4, -0.2) is 24.7 Å². The summed E-state index contributed by atoms with van der Waals surface area (Å²) in [5.74, 6) is 0. The molecule has 2 N–H and O–H groups in total. The minimum absolute atomic E-state index is 0.698. The van der Waals surface area contributed by atoms with Gasteiger partial charge in [-0.3, -0.25) is 0 Å². The molecule has 1 aliphatic heterocycles. The molecule has 0 radical (unpaired) electrons. The van der Waals surface area contributed by atoms with Gasteiger partial charge in [0.15, 0.2) is 0 Å². The van der Waals surface area contributed by atoms with E-state index in [-0.39, 0.29) is 0 Å². The Labute approximate surface area is 69.8 Å². The van der Waals surface area contributed by atoms with Crippen LogP contribution in [0.4, 0.5) is 0 Å². The summed E-state index contributed by atoms with van der Waals surface area (Å²) < 4.78 is 0. The molecule has 0 saturated carbocycles. The molecule has 0 amide bonds. The van der Waals surface area contributed by atoms with E-state index in [1.165, 1.54) is 12.8 Å². The summed E-state index contributed by atoms with van der Waals surface area (Å²) in [6, 6.07) is 2.11. The first-order chi connectivity index (χ1) is 5.27. The van der Waals surface area contributed by atoms with E-state index in [1.807, 2.05) is 0 Å². The molecule has 0 aromatic rings. The zero-order valence-electron chi connectivity index (χ0n) is 7.85. The van der Waals surface area contributed by atoms with E-state index in [1.54, 1.807) is 0 Å². The predicted octanol–water partition coefficient (Wildman–Crippen LogP) is 1.12. The normalized spacial score (nSPS) is 37.9. The SMILES string of the molecule is CCNC1CC(C)NC1CC. The number of nitrogens with one attached hydrogen (secondary N) is 2. The third-order valence-corrected chi connectivity index (χ3v) is 2.50. The largest absolute Gasteiger partial charge is 0.313 e. The van der Waals surface area contributed by atoms with Gasteiger partial charge in [0.2, 0.25) is 0 Å². The molecule has 0 bridgehead atoms. The van der Waals surface area contributed by atoms with Gasteiger partial charge in [-0.25, -0.2) is 0 Å². The van der Waals surface area contributed by atoms with Gasteiger partial charge in [0.25, 0.3) is 0 Å². The molecule has 3 atom stereocenters. The van der Waals surface area contributed by atoms with Crippen molar-refractivity contribution in [3.63, 3.8) is 0 Å². The average Bonchev–Trinajstić information content (AvgIpc) is 2.32. The van der Waals surface area contributed by atoms with Crippen molar-refractivity contribution in [3.05, 3.63) is 0 Å². The molecule has 11 heavy (non-hydrogen) atoms. The van der Waals surface area contributed by atoms with E-state index in [9.17, 15) is 0 Å². The maximum absolute atomic E-state index is 3.58. The number of likely N-dealkylation sites (N-methyl/N-ethyl adjacent to an activating group) is 1. The summed E-state index contributed by atoms with van der Waals surface area (Å²) in [4.78, 5) is 0. The van der Waals surface area contributed by atoms with E-state index in [4.69, 9.17) is 0 Å². The lowest BCUT2D eigenvalue weighted by Gasteiger charge is -2.17. The zero-order valence-corrected chi connectivity index (χ0v) is 7.85. The molecule has 2 heteroatoms. The summed E-state index contributed by atoms with van der Waals surface area (Å²) >= 11 is 0. The van der Waals surface area contributed by atoms with Crippen LogP contribution >= 0.6 is 0 Å². The maximum atomic E-state index is 3.58. The van der Waals surface area contributed by atoms with Crippen molar-refractivity contribution in [1.82, 2.24) is 10.6 Å². The van der Waals surface area contributed by atoms with Crippen LogP contribution in [0.25, 0.3) is 0 Å².